The Morgan fingerprint density at radius 3 is 3.00 bits per heavy atom. The van der Waals surface area contributed by atoms with Crippen molar-refractivity contribution in [2.45, 2.75) is 25.8 Å². The van der Waals surface area contributed by atoms with Gasteiger partial charge in [0.25, 0.3) is 5.91 Å². The van der Waals surface area contributed by atoms with E-state index < -0.39 is 5.91 Å². The summed E-state index contributed by atoms with van der Waals surface area (Å²) in [6, 6.07) is -0.202. The molecule has 0 saturated carbocycles. The van der Waals surface area contributed by atoms with Crippen LogP contribution in [0.1, 0.15) is 30.3 Å². The molecule has 0 bridgehead atoms. The summed E-state index contributed by atoms with van der Waals surface area (Å²) in [5.74, 6) is -0.255. The van der Waals surface area contributed by atoms with Crippen LogP contribution in [0.25, 0.3) is 0 Å². The highest BCUT2D eigenvalue weighted by atomic mass is 35.5. The summed E-state index contributed by atoms with van der Waals surface area (Å²) >= 11 is 5.84. The average Bonchev–Trinajstić information content (AvgIpc) is 2.85. The van der Waals surface area contributed by atoms with Crippen LogP contribution in [0.15, 0.2) is 0 Å². The number of hydrogen-bond donors (Lipinski definition) is 3. The Kier molecular flexibility index (Phi) is 3.94. The fraction of sp³-hybridized carbons (Fsp3) is 0.545. The molecule has 0 radical (unpaired) electrons. The number of halogens is 1. The maximum atomic E-state index is 12.0. The third-order valence-electron chi connectivity index (χ3n) is 3.00. The Balaban J connectivity index is 1.97. The molecule has 1 fully saturated rings. The van der Waals surface area contributed by atoms with Crippen molar-refractivity contribution < 1.29 is 9.59 Å². The Morgan fingerprint density at radius 1 is 1.68 bits per heavy atom. The summed E-state index contributed by atoms with van der Waals surface area (Å²) in [4.78, 5) is 25.4. The zero-order valence-electron chi connectivity index (χ0n) is 10.6. The quantitative estimate of drug-likeness (QED) is 0.744. The van der Waals surface area contributed by atoms with Crippen molar-refractivity contribution in [2.75, 3.05) is 18.8 Å². The molecule has 8 heteroatoms. The van der Waals surface area contributed by atoms with E-state index in [2.05, 4.69) is 15.5 Å². The van der Waals surface area contributed by atoms with Crippen molar-refractivity contribution in [1.29, 1.82) is 0 Å². The third-order valence-corrected chi connectivity index (χ3v) is 3.39. The van der Waals surface area contributed by atoms with Gasteiger partial charge in [-0.15, -0.1) is 0 Å². The zero-order chi connectivity index (χ0) is 14.0. The highest BCUT2D eigenvalue weighted by molar-refractivity contribution is 6.35. The third kappa shape index (κ3) is 2.81. The van der Waals surface area contributed by atoms with E-state index in [1.807, 2.05) is 6.92 Å². The van der Waals surface area contributed by atoms with Gasteiger partial charge in [-0.2, -0.15) is 5.10 Å². The highest BCUT2D eigenvalue weighted by Gasteiger charge is 2.30. The number of amides is 2. The monoisotopic (exact) mass is 285 g/mol. The van der Waals surface area contributed by atoms with Gasteiger partial charge in [0.15, 0.2) is 5.82 Å². The number of aromatic nitrogens is 2. The minimum absolute atomic E-state index is 0.0578. The summed E-state index contributed by atoms with van der Waals surface area (Å²) in [6.45, 7) is 3.24. The van der Waals surface area contributed by atoms with Gasteiger partial charge in [-0.25, -0.2) is 0 Å². The number of hydrogen-bond acceptors (Lipinski definition) is 4. The number of rotatable bonds is 4. The first kappa shape index (κ1) is 13.7. The first-order chi connectivity index (χ1) is 9.02. The Bertz CT molecular complexity index is 501. The number of nitrogen functional groups attached to an aromatic ring is 1. The maximum Gasteiger partial charge on any atom is 0.271 e. The molecule has 1 atom stereocenters. The second kappa shape index (κ2) is 5.48. The second-order valence-electron chi connectivity index (χ2n) is 4.51. The molecule has 0 spiro atoms. The molecule has 0 aliphatic carbocycles. The predicted molar refractivity (Wildman–Crippen MR) is 70.8 cm³/mol. The van der Waals surface area contributed by atoms with Gasteiger partial charge in [0.1, 0.15) is 10.7 Å². The summed E-state index contributed by atoms with van der Waals surface area (Å²) < 4.78 is 0. The van der Waals surface area contributed by atoms with Crippen molar-refractivity contribution >= 4 is 29.2 Å². The molecular weight excluding hydrogens is 270 g/mol. The van der Waals surface area contributed by atoms with Crippen molar-refractivity contribution in [3.05, 3.63) is 10.7 Å². The topological polar surface area (TPSA) is 104 Å². The van der Waals surface area contributed by atoms with Crippen LogP contribution in [0.5, 0.6) is 0 Å². The molecule has 7 nitrogen and oxygen atoms in total. The SMILES string of the molecule is CCCN1C[C@@H](NC(=O)c2[nH]nc(N)c2Cl)CC1=O. The van der Waals surface area contributed by atoms with Crippen molar-refractivity contribution in [3.8, 4) is 0 Å². The van der Waals surface area contributed by atoms with Crippen molar-refractivity contribution in [2.24, 2.45) is 0 Å². The van der Waals surface area contributed by atoms with Crippen LogP contribution in [0, 0.1) is 0 Å². The van der Waals surface area contributed by atoms with E-state index >= 15 is 0 Å². The second-order valence-corrected chi connectivity index (χ2v) is 4.89. The van der Waals surface area contributed by atoms with E-state index in [1.54, 1.807) is 4.90 Å². The molecule has 1 saturated heterocycles. The molecule has 104 valence electrons. The Morgan fingerprint density at radius 2 is 2.42 bits per heavy atom. The molecule has 19 heavy (non-hydrogen) atoms. The van der Waals surface area contributed by atoms with Crippen molar-refractivity contribution in [1.82, 2.24) is 20.4 Å². The number of H-pyrrole nitrogens is 1. The number of carbonyl (C=O) groups is 2. The van der Waals surface area contributed by atoms with E-state index in [0.29, 0.717) is 19.5 Å². The van der Waals surface area contributed by atoms with Gasteiger partial charge in [0.2, 0.25) is 5.91 Å². The summed E-state index contributed by atoms with van der Waals surface area (Å²) in [5, 5.41) is 8.99. The zero-order valence-corrected chi connectivity index (χ0v) is 11.3. The predicted octanol–water partition coefficient (Wildman–Crippen LogP) is 0.386. The van der Waals surface area contributed by atoms with Crippen LogP contribution in [-0.4, -0.2) is 46.0 Å². The minimum Gasteiger partial charge on any atom is -0.381 e. The van der Waals surface area contributed by atoms with Gasteiger partial charge in [-0.3, -0.25) is 14.7 Å². The molecule has 0 unspecified atom stereocenters. The molecule has 2 amide bonds. The van der Waals surface area contributed by atoms with Gasteiger partial charge < -0.3 is 16.0 Å². The molecule has 2 heterocycles. The van der Waals surface area contributed by atoms with Crippen molar-refractivity contribution in [3.63, 3.8) is 0 Å². The number of anilines is 1. The molecule has 1 aliphatic rings. The molecular formula is C11H16ClN5O2. The maximum absolute atomic E-state index is 12.0. The van der Waals surface area contributed by atoms with E-state index in [0.717, 1.165) is 6.42 Å². The fourth-order valence-corrected chi connectivity index (χ4v) is 2.28. The molecule has 1 aromatic heterocycles. The van der Waals surface area contributed by atoms with Crippen LogP contribution in [0.2, 0.25) is 5.02 Å². The number of nitrogens with zero attached hydrogens (tertiary/aromatic N) is 2. The molecule has 0 aromatic carbocycles. The highest BCUT2D eigenvalue weighted by Crippen LogP contribution is 2.20. The molecule has 1 aromatic rings. The summed E-state index contributed by atoms with van der Waals surface area (Å²) in [5.41, 5.74) is 5.58. The van der Waals surface area contributed by atoms with Crippen LogP contribution in [0.4, 0.5) is 5.82 Å². The van der Waals surface area contributed by atoms with Gasteiger partial charge in [-0.1, -0.05) is 18.5 Å². The van der Waals surface area contributed by atoms with E-state index in [9.17, 15) is 9.59 Å². The minimum atomic E-state index is -0.398. The van der Waals surface area contributed by atoms with E-state index in [4.69, 9.17) is 17.3 Å². The smallest absolute Gasteiger partial charge is 0.271 e. The average molecular weight is 286 g/mol. The van der Waals surface area contributed by atoms with Gasteiger partial charge in [0, 0.05) is 19.5 Å². The lowest BCUT2D eigenvalue weighted by molar-refractivity contribution is -0.127. The molecule has 1 aliphatic heterocycles. The first-order valence-electron chi connectivity index (χ1n) is 6.11. The molecule has 2 rings (SSSR count). The Labute approximate surface area is 115 Å². The number of nitrogens with two attached hydrogens (primary N) is 1. The van der Waals surface area contributed by atoms with Crippen LogP contribution in [0.3, 0.4) is 0 Å². The first-order valence-corrected chi connectivity index (χ1v) is 6.48. The van der Waals surface area contributed by atoms with Gasteiger partial charge in [-0.05, 0) is 6.42 Å². The van der Waals surface area contributed by atoms with E-state index in [1.165, 1.54) is 0 Å². The lowest BCUT2D eigenvalue weighted by Crippen LogP contribution is -2.37. The lowest BCUT2D eigenvalue weighted by Gasteiger charge is -2.15. The fourth-order valence-electron chi connectivity index (χ4n) is 2.11. The number of nitrogens with one attached hydrogen (secondary N) is 2. The standard InChI is InChI=1S/C11H16ClN5O2/c1-2-3-17-5-6(4-7(17)18)14-11(19)9-8(12)10(13)16-15-9/h6H,2-5H2,1H3,(H,14,19)(H3,13,15,16)/t6-/m0/s1. The van der Waals surface area contributed by atoms with Crippen LogP contribution in [-0.2, 0) is 4.79 Å². The summed E-state index contributed by atoms with van der Waals surface area (Å²) in [6.07, 6.45) is 1.21. The largest absolute Gasteiger partial charge is 0.381 e. The number of aromatic amines is 1. The number of carbonyl (C=O) groups excluding carboxylic acids is 2. The van der Waals surface area contributed by atoms with Gasteiger partial charge in [0.05, 0.1) is 6.04 Å². The number of likely N-dealkylation sites (tertiary alicyclic amines) is 1. The Hall–Kier alpha value is -1.76. The lowest BCUT2D eigenvalue weighted by atomic mass is 10.2. The van der Waals surface area contributed by atoms with E-state index in [-0.39, 0.29) is 28.5 Å². The van der Waals surface area contributed by atoms with Crippen LogP contribution < -0.4 is 11.1 Å². The normalized spacial score (nSPS) is 18.9. The molecule has 4 N–H and O–H groups in total. The summed E-state index contributed by atoms with van der Waals surface area (Å²) in [7, 11) is 0. The van der Waals surface area contributed by atoms with Crippen LogP contribution >= 0.6 is 11.6 Å². The van der Waals surface area contributed by atoms with Gasteiger partial charge >= 0.3 is 0 Å².